The molecule has 0 amide bonds. The van der Waals surface area contributed by atoms with Gasteiger partial charge in [0.25, 0.3) is 0 Å². The van der Waals surface area contributed by atoms with E-state index in [0.29, 0.717) is 0 Å². The number of rotatable bonds is 4. The molecule has 1 unspecified atom stereocenters. The van der Waals surface area contributed by atoms with E-state index in [9.17, 15) is 0 Å². The molecule has 1 aliphatic rings. The average Bonchev–Trinajstić information content (AvgIpc) is 3.02. The second-order valence-electron chi connectivity index (χ2n) is 4.97. The van der Waals surface area contributed by atoms with E-state index in [0.717, 1.165) is 30.4 Å². The molecule has 2 aromatic carbocycles. The number of benzene rings is 2. The number of methoxy groups -OCH3 is 1. The van der Waals surface area contributed by atoms with Gasteiger partial charge in [-0.2, -0.15) is 0 Å². The minimum absolute atomic E-state index is 0. The summed E-state index contributed by atoms with van der Waals surface area (Å²) in [5.74, 6) is 1.74. The Bertz CT molecular complexity index is 631. The zero-order valence-electron chi connectivity index (χ0n) is 12.5. The van der Waals surface area contributed by atoms with Crippen molar-refractivity contribution in [3.63, 3.8) is 0 Å². The van der Waals surface area contributed by atoms with Gasteiger partial charge in [-0.1, -0.05) is 48.5 Å². The third-order valence-corrected chi connectivity index (χ3v) is 3.56. The molecular formula is C17H20IN3O. The van der Waals surface area contributed by atoms with Gasteiger partial charge in [0.15, 0.2) is 5.96 Å². The fourth-order valence-corrected chi connectivity index (χ4v) is 2.46. The number of aliphatic imine (C=N–C) groups is 1. The topological polar surface area (TPSA) is 45.6 Å². The van der Waals surface area contributed by atoms with Gasteiger partial charge in [0, 0.05) is 12.1 Å². The molecule has 5 heteroatoms. The molecule has 3 rings (SSSR count). The maximum atomic E-state index is 5.41. The van der Waals surface area contributed by atoms with Crippen molar-refractivity contribution in [2.24, 2.45) is 4.99 Å². The van der Waals surface area contributed by atoms with Gasteiger partial charge in [-0.15, -0.1) is 24.0 Å². The minimum Gasteiger partial charge on any atom is -0.496 e. The maximum Gasteiger partial charge on any atom is 0.192 e. The van der Waals surface area contributed by atoms with Crippen LogP contribution in [0.5, 0.6) is 5.75 Å². The number of nitrogens with zero attached hydrogens (tertiary/aromatic N) is 1. The van der Waals surface area contributed by atoms with Crippen LogP contribution in [0.2, 0.25) is 0 Å². The molecule has 22 heavy (non-hydrogen) atoms. The van der Waals surface area contributed by atoms with Crippen LogP contribution in [0.1, 0.15) is 17.2 Å². The molecule has 0 saturated carbocycles. The smallest absolute Gasteiger partial charge is 0.192 e. The van der Waals surface area contributed by atoms with E-state index >= 15 is 0 Å². The van der Waals surface area contributed by atoms with Crippen LogP contribution in [0.25, 0.3) is 0 Å². The van der Waals surface area contributed by atoms with Gasteiger partial charge in [-0.05, 0) is 11.6 Å². The molecule has 2 N–H and O–H groups in total. The largest absolute Gasteiger partial charge is 0.496 e. The Morgan fingerprint density at radius 3 is 2.64 bits per heavy atom. The second-order valence-corrected chi connectivity index (χ2v) is 4.97. The lowest BCUT2D eigenvalue weighted by Crippen LogP contribution is -2.35. The van der Waals surface area contributed by atoms with E-state index in [-0.39, 0.29) is 30.0 Å². The summed E-state index contributed by atoms with van der Waals surface area (Å²) in [6.45, 7) is 1.49. The van der Waals surface area contributed by atoms with Gasteiger partial charge in [0.05, 0.1) is 19.7 Å². The molecule has 1 atom stereocenters. The van der Waals surface area contributed by atoms with E-state index in [1.54, 1.807) is 7.11 Å². The third kappa shape index (κ3) is 3.91. The van der Waals surface area contributed by atoms with Crippen LogP contribution in [0.15, 0.2) is 59.6 Å². The molecule has 0 aliphatic carbocycles. The van der Waals surface area contributed by atoms with Crippen molar-refractivity contribution >= 4 is 29.9 Å². The summed E-state index contributed by atoms with van der Waals surface area (Å²) in [7, 11) is 1.70. The highest BCUT2D eigenvalue weighted by molar-refractivity contribution is 14.0. The average molecular weight is 409 g/mol. The zero-order valence-corrected chi connectivity index (χ0v) is 14.8. The lowest BCUT2D eigenvalue weighted by molar-refractivity contribution is 0.405. The Hall–Kier alpha value is -1.76. The van der Waals surface area contributed by atoms with Crippen molar-refractivity contribution in [1.29, 1.82) is 0 Å². The van der Waals surface area contributed by atoms with E-state index < -0.39 is 0 Å². The van der Waals surface area contributed by atoms with Gasteiger partial charge in [0.1, 0.15) is 5.75 Å². The molecule has 0 aromatic heterocycles. The van der Waals surface area contributed by atoms with Crippen LogP contribution in [-0.4, -0.2) is 19.6 Å². The van der Waals surface area contributed by atoms with Gasteiger partial charge < -0.3 is 15.4 Å². The highest BCUT2D eigenvalue weighted by atomic mass is 127. The monoisotopic (exact) mass is 409 g/mol. The van der Waals surface area contributed by atoms with Crippen LogP contribution >= 0.6 is 24.0 Å². The number of para-hydroxylation sites is 1. The van der Waals surface area contributed by atoms with Crippen molar-refractivity contribution in [2.75, 3.05) is 13.7 Å². The lowest BCUT2D eigenvalue weighted by Gasteiger charge is -2.16. The Kier molecular flexibility index (Phi) is 6.06. The standard InChI is InChI=1S/C17H19N3O.HI/c1-21-16-10-6-5-9-14(16)15-12-19-17(20-15)18-11-13-7-3-2-4-8-13;/h2-10,15H,11-12H2,1H3,(H2,18,19,20);1H. The Labute approximate surface area is 148 Å². The fourth-order valence-electron chi connectivity index (χ4n) is 2.46. The van der Waals surface area contributed by atoms with Crippen LogP contribution in [-0.2, 0) is 6.54 Å². The lowest BCUT2D eigenvalue weighted by atomic mass is 10.1. The van der Waals surface area contributed by atoms with Crippen LogP contribution in [0.3, 0.4) is 0 Å². The Morgan fingerprint density at radius 1 is 1.14 bits per heavy atom. The zero-order chi connectivity index (χ0) is 14.5. The molecule has 116 valence electrons. The summed E-state index contributed by atoms with van der Waals surface area (Å²) < 4.78 is 5.41. The molecular weight excluding hydrogens is 389 g/mol. The first-order valence-corrected chi connectivity index (χ1v) is 7.08. The second kappa shape index (κ2) is 8.03. The Morgan fingerprint density at radius 2 is 1.86 bits per heavy atom. The summed E-state index contributed by atoms with van der Waals surface area (Å²) in [6.07, 6.45) is 0. The number of halogens is 1. The normalized spacial score (nSPS) is 16.2. The number of ether oxygens (including phenoxy) is 1. The van der Waals surface area contributed by atoms with E-state index in [4.69, 9.17) is 4.74 Å². The van der Waals surface area contributed by atoms with Gasteiger partial charge in [-0.3, -0.25) is 4.99 Å². The van der Waals surface area contributed by atoms with Crippen LogP contribution < -0.4 is 15.4 Å². The van der Waals surface area contributed by atoms with Crippen LogP contribution in [0.4, 0.5) is 0 Å². The van der Waals surface area contributed by atoms with E-state index in [2.05, 4.69) is 33.8 Å². The molecule has 0 radical (unpaired) electrons. The van der Waals surface area contributed by atoms with Gasteiger partial charge in [0.2, 0.25) is 0 Å². The minimum atomic E-state index is 0. The summed E-state index contributed by atoms with van der Waals surface area (Å²) in [6, 6.07) is 18.5. The van der Waals surface area contributed by atoms with Crippen molar-refractivity contribution in [3.8, 4) is 5.75 Å². The van der Waals surface area contributed by atoms with Crippen molar-refractivity contribution in [1.82, 2.24) is 10.6 Å². The first-order chi connectivity index (χ1) is 10.4. The molecule has 2 aromatic rings. The van der Waals surface area contributed by atoms with E-state index in [1.165, 1.54) is 5.56 Å². The maximum absolute atomic E-state index is 5.41. The molecule has 1 heterocycles. The third-order valence-electron chi connectivity index (χ3n) is 3.56. The summed E-state index contributed by atoms with van der Waals surface area (Å²) in [4.78, 5) is 4.52. The predicted octanol–water partition coefficient (Wildman–Crippen LogP) is 3.10. The SMILES string of the molecule is COc1ccccc1C1CN=C(NCc2ccccc2)N1.I. The summed E-state index contributed by atoms with van der Waals surface area (Å²) in [5, 5.41) is 6.74. The van der Waals surface area contributed by atoms with Crippen molar-refractivity contribution in [2.45, 2.75) is 12.6 Å². The Balaban J connectivity index is 0.00000176. The first-order valence-electron chi connectivity index (χ1n) is 7.08. The van der Waals surface area contributed by atoms with Crippen molar-refractivity contribution < 1.29 is 4.74 Å². The predicted molar refractivity (Wildman–Crippen MR) is 99.9 cm³/mol. The molecule has 0 saturated heterocycles. The number of nitrogens with one attached hydrogen (secondary N) is 2. The van der Waals surface area contributed by atoms with Crippen molar-refractivity contribution in [3.05, 3.63) is 65.7 Å². The fraction of sp³-hybridized carbons (Fsp3) is 0.235. The number of hydrogen-bond acceptors (Lipinski definition) is 4. The number of guanidine groups is 1. The first kappa shape index (κ1) is 16.6. The van der Waals surface area contributed by atoms with Crippen LogP contribution in [0, 0.1) is 0 Å². The number of hydrogen-bond donors (Lipinski definition) is 2. The molecule has 1 aliphatic heterocycles. The van der Waals surface area contributed by atoms with E-state index in [1.807, 2.05) is 36.4 Å². The highest BCUT2D eigenvalue weighted by Gasteiger charge is 2.21. The van der Waals surface area contributed by atoms with Gasteiger partial charge in [-0.25, -0.2) is 0 Å². The summed E-state index contributed by atoms with van der Waals surface area (Å²) in [5.41, 5.74) is 2.38. The highest BCUT2D eigenvalue weighted by Crippen LogP contribution is 2.26. The quantitative estimate of drug-likeness (QED) is 0.764. The molecule has 0 bridgehead atoms. The summed E-state index contributed by atoms with van der Waals surface area (Å²) >= 11 is 0. The molecule has 0 fully saturated rings. The molecule has 4 nitrogen and oxygen atoms in total. The van der Waals surface area contributed by atoms with Gasteiger partial charge >= 0.3 is 0 Å². The molecule has 0 spiro atoms.